The van der Waals surface area contributed by atoms with Crippen molar-refractivity contribution in [2.24, 2.45) is 0 Å². The molecule has 1 aromatic rings. The lowest BCUT2D eigenvalue weighted by molar-refractivity contribution is -0.899. The van der Waals surface area contributed by atoms with Crippen molar-refractivity contribution in [2.75, 3.05) is 38.2 Å². The number of amides is 1. The molecule has 6 heteroatoms. The zero-order valence-electron chi connectivity index (χ0n) is 13.1. The molecular weight excluding hydrogens is 284 g/mol. The zero-order chi connectivity index (χ0) is 15.9. The maximum Gasteiger partial charge on any atom is 0.338 e. The third kappa shape index (κ3) is 5.13. The number of hydrogen-bond donors (Lipinski definition) is 2. The van der Waals surface area contributed by atoms with Gasteiger partial charge in [0.2, 0.25) is 0 Å². The Labute approximate surface area is 130 Å². The molecule has 2 N–H and O–H groups in total. The van der Waals surface area contributed by atoms with Crippen molar-refractivity contribution in [3.05, 3.63) is 29.8 Å². The molecule has 1 saturated heterocycles. The lowest BCUT2D eigenvalue weighted by Crippen LogP contribution is -3.15. The van der Waals surface area contributed by atoms with Crippen LogP contribution >= 0.6 is 0 Å². The van der Waals surface area contributed by atoms with E-state index in [-0.39, 0.29) is 18.0 Å². The van der Waals surface area contributed by atoms with Crippen LogP contribution in [0.15, 0.2) is 24.3 Å². The van der Waals surface area contributed by atoms with Crippen LogP contribution in [-0.2, 0) is 14.3 Å². The van der Waals surface area contributed by atoms with Crippen LogP contribution in [0, 0.1) is 0 Å². The average molecular weight is 307 g/mol. The second kappa shape index (κ2) is 7.91. The van der Waals surface area contributed by atoms with Crippen LogP contribution in [0.1, 0.15) is 24.2 Å². The van der Waals surface area contributed by atoms with Crippen LogP contribution < -0.4 is 10.2 Å². The number of quaternary nitrogens is 1. The molecule has 1 aliphatic heterocycles. The van der Waals surface area contributed by atoms with Gasteiger partial charge in [0.05, 0.1) is 24.9 Å². The van der Waals surface area contributed by atoms with Crippen molar-refractivity contribution in [3.63, 3.8) is 0 Å². The lowest BCUT2D eigenvalue weighted by atomic mass is 10.2. The standard InChI is InChI=1S/C16H22N2O4/c1-12(2)22-16(20)13-3-5-14(6-4-13)17-15(19)11-18-7-9-21-10-8-18/h3-6,12H,7-11H2,1-2H3,(H,17,19)/p+1. The zero-order valence-corrected chi connectivity index (χ0v) is 13.1. The predicted octanol–water partition coefficient (Wildman–Crippen LogP) is 0.105. The highest BCUT2D eigenvalue weighted by Gasteiger charge is 2.17. The van der Waals surface area contributed by atoms with Crippen molar-refractivity contribution in [2.45, 2.75) is 20.0 Å². The molecule has 22 heavy (non-hydrogen) atoms. The Morgan fingerprint density at radius 2 is 1.86 bits per heavy atom. The molecule has 0 unspecified atom stereocenters. The van der Waals surface area contributed by atoms with Crippen LogP contribution in [-0.4, -0.2) is 50.8 Å². The highest BCUT2D eigenvalue weighted by molar-refractivity contribution is 5.93. The summed E-state index contributed by atoms with van der Waals surface area (Å²) in [6.07, 6.45) is -0.150. The predicted molar refractivity (Wildman–Crippen MR) is 82.0 cm³/mol. The fourth-order valence-electron chi connectivity index (χ4n) is 2.24. The second-order valence-corrected chi connectivity index (χ2v) is 5.62. The lowest BCUT2D eigenvalue weighted by Gasteiger charge is -2.23. The summed E-state index contributed by atoms with van der Waals surface area (Å²) in [6.45, 7) is 7.16. The van der Waals surface area contributed by atoms with E-state index >= 15 is 0 Å². The number of carbonyl (C=O) groups excluding carboxylic acids is 2. The van der Waals surface area contributed by atoms with E-state index in [2.05, 4.69) is 5.32 Å². The number of hydrogen-bond acceptors (Lipinski definition) is 4. The normalized spacial score (nSPS) is 15.6. The van der Waals surface area contributed by atoms with Gasteiger partial charge < -0.3 is 19.7 Å². The van der Waals surface area contributed by atoms with E-state index < -0.39 is 0 Å². The molecule has 0 radical (unpaired) electrons. The smallest absolute Gasteiger partial charge is 0.338 e. The molecule has 0 aliphatic carbocycles. The van der Waals surface area contributed by atoms with E-state index in [1.165, 1.54) is 4.90 Å². The molecular formula is C16H23N2O4+. The highest BCUT2D eigenvalue weighted by Crippen LogP contribution is 2.11. The first kappa shape index (κ1) is 16.5. The van der Waals surface area contributed by atoms with Crippen molar-refractivity contribution in [1.29, 1.82) is 0 Å². The molecule has 0 saturated carbocycles. The summed E-state index contributed by atoms with van der Waals surface area (Å²) in [5.41, 5.74) is 1.16. The van der Waals surface area contributed by atoms with Gasteiger partial charge >= 0.3 is 5.97 Å². The first-order chi connectivity index (χ1) is 10.5. The second-order valence-electron chi connectivity index (χ2n) is 5.62. The number of nitrogens with one attached hydrogen (secondary N) is 2. The van der Waals surface area contributed by atoms with Crippen LogP contribution in [0.3, 0.4) is 0 Å². The molecule has 0 spiro atoms. The molecule has 1 fully saturated rings. The summed E-state index contributed by atoms with van der Waals surface area (Å²) in [5.74, 6) is -0.389. The van der Waals surface area contributed by atoms with Gasteiger partial charge in [0.25, 0.3) is 5.91 Å². The molecule has 0 aromatic heterocycles. The quantitative estimate of drug-likeness (QED) is 0.758. The van der Waals surface area contributed by atoms with Crippen molar-refractivity contribution >= 4 is 17.6 Å². The van der Waals surface area contributed by atoms with Crippen LogP contribution in [0.4, 0.5) is 5.69 Å². The Morgan fingerprint density at radius 1 is 1.23 bits per heavy atom. The fourth-order valence-corrected chi connectivity index (χ4v) is 2.24. The SMILES string of the molecule is CC(C)OC(=O)c1ccc(NC(=O)C[NH+]2CCOCC2)cc1. The maximum absolute atomic E-state index is 12.0. The van der Waals surface area contributed by atoms with Gasteiger partial charge in [0.1, 0.15) is 13.1 Å². The van der Waals surface area contributed by atoms with Gasteiger partial charge in [0, 0.05) is 5.69 Å². The van der Waals surface area contributed by atoms with E-state index in [0.29, 0.717) is 31.0 Å². The minimum atomic E-state index is -0.356. The Morgan fingerprint density at radius 3 is 2.45 bits per heavy atom. The third-order valence-electron chi connectivity index (χ3n) is 3.36. The molecule has 1 aliphatic rings. The molecule has 1 heterocycles. The third-order valence-corrected chi connectivity index (χ3v) is 3.36. The molecule has 1 aromatic carbocycles. The van der Waals surface area contributed by atoms with E-state index in [0.717, 1.165) is 13.1 Å². The number of rotatable bonds is 5. The van der Waals surface area contributed by atoms with Gasteiger partial charge in [-0.15, -0.1) is 0 Å². The minimum Gasteiger partial charge on any atom is -0.459 e. The number of carbonyl (C=O) groups is 2. The molecule has 120 valence electrons. The van der Waals surface area contributed by atoms with Gasteiger partial charge in [-0.05, 0) is 38.1 Å². The maximum atomic E-state index is 12.0. The number of esters is 1. The van der Waals surface area contributed by atoms with E-state index in [4.69, 9.17) is 9.47 Å². The van der Waals surface area contributed by atoms with Crippen LogP contribution in [0.25, 0.3) is 0 Å². The molecule has 2 rings (SSSR count). The summed E-state index contributed by atoms with van der Waals surface area (Å²) < 4.78 is 10.4. The fraction of sp³-hybridized carbons (Fsp3) is 0.500. The first-order valence-corrected chi connectivity index (χ1v) is 7.57. The Hall–Kier alpha value is -1.92. The van der Waals surface area contributed by atoms with Crippen molar-refractivity contribution in [1.82, 2.24) is 0 Å². The van der Waals surface area contributed by atoms with Gasteiger partial charge in [-0.25, -0.2) is 4.79 Å². The molecule has 0 atom stereocenters. The van der Waals surface area contributed by atoms with Crippen LogP contribution in [0.5, 0.6) is 0 Å². The summed E-state index contributed by atoms with van der Waals surface area (Å²) in [5, 5.41) is 2.84. The largest absolute Gasteiger partial charge is 0.459 e. The molecule has 6 nitrogen and oxygen atoms in total. The Bertz CT molecular complexity index is 507. The number of morpholine rings is 1. The van der Waals surface area contributed by atoms with Gasteiger partial charge in [-0.1, -0.05) is 0 Å². The number of anilines is 1. The van der Waals surface area contributed by atoms with Gasteiger partial charge in [-0.3, -0.25) is 4.79 Å². The van der Waals surface area contributed by atoms with Gasteiger partial charge in [0.15, 0.2) is 6.54 Å². The van der Waals surface area contributed by atoms with Crippen molar-refractivity contribution in [3.8, 4) is 0 Å². The summed E-state index contributed by atoms with van der Waals surface area (Å²) in [6, 6.07) is 6.73. The summed E-state index contributed by atoms with van der Waals surface area (Å²) in [4.78, 5) is 24.9. The van der Waals surface area contributed by atoms with Gasteiger partial charge in [-0.2, -0.15) is 0 Å². The van der Waals surface area contributed by atoms with E-state index in [1.807, 2.05) is 0 Å². The first-order valence-electron chi connectivity index (χ1n) is 7.57. The monoisotopic (exact) mass is 307 g/mol. The summed E-state index contributed by atoms with van der Waals surface area (Å²) in [7, 11) is 0. The highest BCUT2D eigenvalue weighted by atomic mass is 16.5. The molecule has 0 bridgehead atoms. The van der Waals surface area contributed by atoms with Crippen molar-refractivity contribution < 1.29 is 24.0 Å². The topological polar surface area (TPSA) is 69.1 Å². The number of benzene rings is 1. The van der Waals surface area contributed by atoms with E-state index in [9.17, 15) is 9.59 Å². The van der Waals surface area contributed by atoms with Crippen LogP contribution in [0.2, 0.25) is 0 Å². The van der Waals surface area contributed by atoms with E-state index in [1.54, 1.807) is 38.1 Å². The number of ether oxygens (including phenoxy) is 2. The Balaban J connectivity index is 1.85. The average Bonchev–Trinajstić information content (AvgIpc) is 2.48. The minimum absolute atomic E-state index is 0.0330. The summed E-state index contributed by atoms with van der Waals surface area (Å²) >= 11 is 0. The molecule has 1 amide bonds. The Kier molecular flexibility index (Phi) is 5.91.